The number of carbonyl (C=O) groups excluding carboxylic acids is 2. The highest BCUT2D eigenvalue weighted by molar-refractivity contribution is 6.33. The molecule has 0 N–H and O–H groups in total. The summed E-state index contributed by atoms with van der Waals surface area (Å²) < 4.78 is 15.6. The molecule has 1 aromatic carbocycles. The molecule has 2 heterocycles. The zero-order valence-corrected chi connectivity index (χ0v) is 15.9. The van der Waals surface area contributed by atoms with Crippen LogP contribution >= 0.6 is 11.6 Å². The third kappa shape index (κ3) is 4.25. The summed E-state index contributed by atoms with van der Waals surface area (Å²) in [5, 5.41) is 9.59. The van der Waals surface area contributed by atoms with E-state index in [1.54, 1.807) is 35.2 Å². The predicted octanol–water partition coefficient (Wildman–Crippen LogP) is 3.15. The van der Waals surface area contributed by atoms with Crippen LogP contribution in [0.5, 0.6) is 0 Å². The molecule has 1 amide bonds. The predicted molar refractivity (Wildman–Crippen MR) is 101 cm³/mol. The second kappa shape index (κ2) is 8.74. The van der Waals surface area contributed by atoms with Crippen molar-refractivity contribution in [3.63, 3.8) is 0 Å². The van der Waals surface area contributed by atoms with Crippen molar-refractivity contribution < 1.29 is 23.5 Å². The van der Waals surface area contributed by atoms with Crippen molar-refractivity contribution >= 4 is 29.6 Å². The van der Waals surface area contributed by atoms with Crippen LogP contribution in [-0.4, -0.2) is 50.2 Å². The van der Waals surface area contributed by atoms with Crippen molar-refractivity contribution in [2.24, 2.45) is 0 Å². The lowest BCUT2D eigenvalue weighted by Crippen LogP contribution is -2.41. The molecule has 144 valence electrons. The molecule has 1 saturated heterocycles. The first-order chi connectivity index (χ1) is 13.5. The number of halogens is 1. The van der Waals surface area contributed by atoms with Crippen LogP contribution < -0.4 is 0 Å². The highest BCUT2D eigenvalue weighted by Crippen LogP contribution is 2.28. The average molecular weight is 401 g/mol. The number of benzene rings is 1. The van der Waals surface area contributed by atoms with Gasteiger partial charge in [-0.05, 0) is 24.3 Å². The molecule has 3 rings (SSSR count). The van der Waals surface area contributed by atoms with Crippen LogP contribution in [0, 0.1) is 11.3 Å². The summed E-state index contributed by atoms with van der Waals surface area (Å²) in [6, 6.07) is 10.1. The van der Waals surface area contributed by atoms with E-state index < -0.39 is 5.97 Å². The van der Waals surface area contributed by atoms with Crippen molar-refractivity contribution in [3.05, 3.63) is 52.3 Å². The Balaban J connectivity index is 1.82. The fraction of sp³-hybridized carbons (Fsp3) is 0.250. The third-order valence-electron chi connectivity index (χ3n) is 4.22. The van der Waals surface area contributed by atoms with Gasteiger partial charge in [-0.2, -0.15) is 5.26 Å². The molecule has 0 saturated carbocycles. The van der Waals surface area contributed by atoms with E-state index >= 15 is 0 Å². The summed E-state index contributed by atoms with van der Waals surface area (Å²) in [7, 11) is 1.28. The molecule has 1 aliphatic heterocycles. The summed E-state index contributed by atoms with van der Waals surface area (Å²) in [6.45, 7) is 1.81. The second-order valence-corrected chi connectivity index (χ2v) is 6.37. The summed E-state index contributed by atoms with van der Waals surface area (Å²) >= 11 is 6.14. The van der Waals surface area contributed by atoms with Gasteiger partial charge in [-0.15, -0.1) is 0 Å². The number of hydrogen-bond acceptors (Lipinski definition) is 6. The number of morpholine rings is 1. The van der Waals surface area contributed by atoms with E-state index in [1.807, 2.05) is 6.07 Å². The van der Waals surface area contributed by atoms with Gasteiger partial charge in [0, 0.05) is 24.7 Å². The Bertz CT molecular complexity index is 967. The van der Waals surface area contributed by atoms with E-state index in [2.05, 4.69) is 4.74 Å². The molecule has 7 nitrogen and oxygen atoms in total. The van der Waals surface area contributed by atoms with Crippen molar-refractivity contribution in [2.45, 2.75) is 0 Å². The Morgan fingerprint density at radius 3 is 2.64 bits per heavy atom. The zero-order valence-electron chi connectivity index (χ0n) is 15.1. The lowest BCUT2D eigenvalue weighted by Gasteiger charge is -2.26. The lowest BCUT2D eigenvalue weighted by molar-refractivity contribution is -0.130. The molecule has 0 aliphatic carbocycles. The maximum Gasteiger partial charge on any atom is 0.339 e. The minimum Gasteiger partial charge on any atom is -0.465 e. The monoisotopic (exact) mass is 400 g/mol. The van der Waals surface area contributed by atoms with Gasteiger partial charge >= 0.3 is 5.97 Å². The molecular weight excluding hydrogens is 384 g/mol. The molecule has 0 unspecified atom stereocenters. The highest BCUT2D eigenvalue weighted by atomic mass is 35.5. The van der Waals surface area contributed by atoms with Gasteiger partial charge in [0.25, 0.3) is 5.91 Å². The number of hydrogen-bond donors (Lipinski definition) is 0. The first-order valence-electron chi connectivity index (χ1n) is 8.50. The largest absolute Gasteiger partial charge is 0.465 e. The van der Waals surface area contributed by atoms with Gasteiger partial charge in [0.15, 0.2) is 0 Å². The van der Waals surface area contributed by atoms with Crippen LogP contribution in [0.15, 0.2) is 40.3 Å². The van der Waals surface area contributed by atoms with Gasteiger partial charge in [-0.1, -0.05) is 17.7 Å². The van der Waals surface area contributed by atoms with Crippen molar-refractivity contribution in [1.29, 1.82) is 5.26 Å². The number of esters is 1. The minimum absolute atomic E-state index is 0.0122. The van der Waals surface area contributed by atoms with Crippen LogP contribution in [0.2, 0.25) is 5.02 Å². The summed E-state index contributed by atoms with van der Waals surface area (Å²) in [4.78, 5) is 25.7. The molecular formula is C20H17ClN2O5. The van der Waals surface area contributed by atoms with Crippen LogP contribution in [0.4, 0.5) is 0 Å². The van der Waals surface area contributed by atoms with Gasteiger partial charge in [0.1, 0.15) is 23.2 Å². The van der Waals surface area contributed by atoms with Gasteiger partial charge in [0.05, 0.1) is 30.9 Å². The number of nitriles is 1. The highest BCUT2D eigenvalue weighted by Gasteiger charge is 2.21. The molecule has 2 aromatic rings. The molecule has 8 heteroatoms. The maximum absolute atomic E-state index is 12.5. The summed E-state index contributed by atoms with van der Waals surface area (Å²) in [5.41, 5.74) is 0.889. The Labute approximate surface area is 166 Å². The van der Waals surface area contributed by atoms with Crippen LogP contribution in [0.1, 0.15) is 16.1 Å². The number of rotatable bonds is 4. The lowest BCUT2D eigenvalue weighted by atomic mass is 10.1. The topological polar surface area (TPSA) is 92.8 Å². The quantitative estimate of drug-likeness (QED) is 0.444. The number of methoxy groups -OCH3 is 1. The number of ether oxygens (including phenoxy) is 2. The number of nitrogens with zero attached hydrogens (tertiary/aromatic N) is 2. The number of furan rings is 1. The standard InChI is InChI=1S/C20H17ClN2O5/c1-26-20(25)16-4-2-13(11-17(16)21)18-5-3-15(28-18)10-14(12-22)19(24)23-6-8-27-9-7-23/h2-5,10-11H,6-9H2,1H3/b14-10+. The van der Waals surface area contributed by atoms with Crippen LogP contribution in [0.25, 0.3) is 17.4 Å². The van der Waals surface area contributed by atoms with Gasteiger partial charge < -0.3 is 18.8 Å². The zero-order chi connectivity index (χ0) is 20.1. The van der Waals surface area contributed by atoms with Gasteiger partial charge in [-0.3, -0.25) is 4.79 Å². The SMILES string of the molecule is COC(=O)c1ccc(-c2ccc(/C=C(\C#N)C(=O)N3CCOCC3)o2)cc1Cl. The molecule has 1 fully saturated rings. The van der Waals surface area contributed by atoms with E-state index in [1.165, 1.54) is 13.2 Å². The normalized spacial score (nSPS) is 14.5. The Kier molecular flexibility index (Phi) is 6.14. The first-order valence-corrected chi connectivity index (χ1v) is 8.88. The second-order valence-electron chi connectivity index (χ2n) is 5.96. The molecule has 0 radical (unpaired) electrons. The third-order valence-corrected chi connectivity index (χ3v) is 4.53. The molecule has 0 spiro atoms. The molecule has 1 aromatic heterocycles. The Morgan fingerprint density at radius 2 is 2.00 bits per heavy atom. The van der Waals surface area contributed by atoms with E-state index in [0.29, 0.717) is 43.4 Å². The van der Waals surface area contributed by atoms with E-state index in [0.717, 1.165) is 0 Å². The summed E-state index contributed by atoms with van der Waals surface area (Å²) in [6.07, 6.45) is 1.41. The fourth-order valence-corrected chi connectivity index (χ4v) is 3.01. The van der Waals surface area contributed by atoms with Crippen molar-refractivity contribution in [2.75, 3.05) is 33.4 Å². The summed E-state index contributed by atoms with van der Waals surface area (Å²) in [5.74, 6) is -0.0314. The van der Waals surface area contributed by atoms with Crippen LogP contribution in [0.3, 0.4) is 0 Å². The van der Waals surface area contributed by atoms with Gasteiger partial charge in [-0.25, -0.2) is 4.79 Å². The van der Waals surface area contributed by atoms with Gasteiger partial charge in [0.2, 0.25) is 0 Å². The fourth-order valence-electron chi connectivity index (χ4n) is 2.75. The first kappa shape index (κ1) is 19.7. The van der Waals surface area contributed by atoms with Crippen LogP contribution in [-0.2, 0) is 14.3 Å². The smallest absolute Gasteiger partial charge is 0.339 e. The Morgan fingerprint density at radius 1 is 1.25 bits per heavy atom. The number of carbonyl (C=O) groups is 2. The van der Waals surface area contributed by atoms with E-state index in [9.17, 15) is 14.9 Å². The van der Waals surface area contributed by atoms with Crippen molar-refractivity contribution in [3.8, 4) is 17.4 Å². The molecule has 1 aliphatic rings. The Hall–Kier alpha value is -3.08. The molecule has 28 heavy (non-hydrogen) atoms. The van der Waals surface area contributed by atoms with Crippen molar-refractivity contribution in [1.82, 2.24) is 4.90 Å². The maximum atomic E-state index is 12.5. The molecule has 0 bridgehead atoms. The average Bonchev–Trinajstić information content (AvgIpc) is 3.20. The number of amides is 1. The van der Waals surface area contributed by atoms with E-state index in [4.69, 9.17) is 20.8 Å². The van der Waals surface area contributed by atoms with E-state index in [-0.39, 0.29) is 22.1 Å². The minimum atomic E-state index is -0.528. The molecule has 0 atom stereocenters.